The molecule has 0 atom stereocenters. The topological polar surface area (TPSA) is 70.6 Å². The third-order valence-corrected chi connectivity index (χ3v) is 4.31. The number of rotatable bonds is 3. The largest absolute Gasteiger partial charge is 0.367 e. The zero-order valence-corrected chi connectivity index (χ0v) is 12.6. The summed E-state index contributed by atoms with van der Waals surface area (Å²) in [6, 6.07) is 4.69. The van der Waals surface area contributed by atoms with Crippen LogP contribution in [0.2, 0.25) is 0 Å². The maximum Gasteiger partial charge on any atom is 0.140 e. The van der Waals surface area contributed by atoms with Gasteiger partial charge in [-0.3, -0.25) is 0 Å². The van der Waals surface area contributed by atoms with Crippen LogP contribution in [0.5, 0.6) is 0 Å². The van der Waals surface area contributed by atoms with Gasteiger partial charge in [-0.1, -0.05) is 0 Å². The van der Waals surface area contributed by atoms with Crippen LogP contribution in [-0.4, -0.2) is 38.7 Å². The molecule has 1 aliphatic heterocycles. The van der Waals surface area contributed by atoms with E-state index in [4.69, 9.17) is 4.98 Å². The van der Waals surface area contributed by atoms with Crippen molar-refractivity contribution in [2.75, 3.05) is 18.4 Å². The van der Waals surface area contributed by atoms with Gasteiger partial charge in [-0.15, -0.1) is 0 Å². The Morgan fingerprint density at radius 3 is 2.95 bits per heavy atom. The van der Waals surface area contributed by atoms with Gasteiger partial charge in [-0.2, -0.15) is 0 Å². The van der Waals surface area contributed by atoms with Crippen molar-refractivity contribution in [3.8, 4) is 11.3 Å². The highest BCUT2D eigenvalue weighted by molar-refractivity contribution is 5.93. The average Bonchev–Trinajstić information content (AvgIpc) is 3.16. The molecular weight excluding hydrogens is 276 g/mol. The van der Waals surface area contributed by atoms with Gasteiger partial charge in [0.05, 0.1) is 18.2 Å². The summed E-state index contributed by atoms with van der Waals surface area (Å²) in [7, 11) is 2.02. The van der Waals surface area contributed by atoms with Crippen LogP contribution in [0, 0.1) is 0 Å². The van der Waals surface area contributed by atoms with Gasteiger partial charge >= 0.3 is 0 Å². The minimum Gasteiger partial charge on any atom is -0.367 e. The fraction of sp³-hybridized carbons (Fsp3) is 0.375. The van der Waals surface area contributed by atoms with Crippen LogP contribution >= 0.6 is 0 Å². The quantitative estimate of drug-likeness (QED) is 0.692. The molecule has 6 nitrogen and oxygen atoms in total. The van der Waals surface area contributed by atoms with E-state index in [9.17, 15) is 0 Å². The van der Waals surface area contributed by atoms with E-state index in [1.165, 1.54) is 0 Å². The molecule has 3 aromatic rings. The molecule has 0 unspecified atom stereocenters. The molecule has 0 amide bonds. The number of nitrogens with zero attached hydrogens (tertiary/aromatic N) is 3. The maximum absolute atomic E-state index is 4.71. The number of fused-ring (bicyclic) bond motifs is 1. The number of piperidine rings is 1. The zero-order chi connectivity index (χ0) is 14.9. The Bertz CT molecular complexity index is 781. The number of nitrogens with one attached hydrogen (secondary N) is 3. The van der Waals surface area contributed by atoms with Crippen molar-refractivity contribution in [2.45, 2.75) is 18.9 Å². The van der Waals surface area contributed by atoms with Gasteiger partial charge in [-0.05, 0) is 38.1 Å². The molecule has 1 aliphatic rings. The lowest BCUT2D eigenvalue weighted by atomic mass is 10.1. The Morgan fingerprint density at radius 2 is 2.18 bits per heavy atom. The summed E-state index contributed by atoms with van der Waals surface area (Å²) in [6.07, 6.45) is 7.92. The third kappa shape index (κ3) is 2.35. The van der Waals surface area contributed by atoms with Gasteiger partial charge in [0.25, 0.3) is 0 Å². The van der Waals surface area contributed by atoms with Crippen LogP contribution in [0.4, 0.5) is 5.82 Å². The van der Waals surface area contributed by atoms with Gasteiger partial charge in [0.15, 0.2) is 0 Å². The molecule has 114 valence electrons. The van der Waals surface area contributed by atoms with Gasteiger partial charge in [0, 0.05) is 30.2 Å². The summed E-state index contributed by atoms with van der Waals surface area (Å²) in [6.45, 7) is 2.13. The first kappa shape index (κ1) is 13.3. The molecule has 3 N–H and O–H groups in total. The van der Waals surface area contributed by atoms with E-state index in [1.54, 1.807) is 0 Å². The average molecular weight is 296 g/mol. The van der Waals surface area contributed by atoms with Crippen LogP contribution in [0.3, 0.4) is 0 Å². The number of aromatic amines is 1. The number of aromatic nitrogens is 4. The van der Waals surface area contributed by atoms with Gasteiger partial charge in [0.2, 0.25) is 0 Å². The number of anilines is 1. The molecule has 0 saturated carbocycles. The van der Waals surface area contributed by atoms with Crippen molar-refractivity contribution in [3.63, 3.8) is 0 Å². The summed E-state index contributed by atoms with van der Waals surface area (Å²) in [4.78, 5) is 12.2. The van der Waals surface area contributed by atoms with Gasteiger partial charge < -0.3 is 20.2 Å². The van der Waals surface area contributed by atoms with Crippen molar-refractivity contribution in [2.24, 2.45) is 7.05 Å². The summed E-state index contributed by atoms with van der Waals surface area (Å²) >= 11 is 0. The monoisotopic (exact) mass is 296 g/mol. The molecule has 4 rings (SSSR count). The van der Waals surface area contributed by atoms with Gasteiger partial charge in [-0.25, -0.2) is 9.97 Å². The summed E-state index contributed by atoms with van der Waals surface area (Å²) in [5.74, 6) is 0.929. The van der Waals surface area contributed by atoms with Crippen molar-refractivity contribution >= 4 is 16.9 Å². The van der Waals surface area contributed by atoms with Crippen molar-refractivity contribution in [1.82, 2.24) is 24.8 Å². The molecule has 4 heterocycles. The van der Waals surface area contributed by atoms with Crippen LogP contribution < -0.4 is 10.6 Å². The summed E-state index contributed by atoms with van der Waals surface area (Å²) in [5.41, 5.74) is 3.16. The standard InChI is InChI=1S/C16H20N6/c1-22-10-18-9-14(22)13-8-15(20-11-2-5-17-6-3-11)21-16-12(13)4-7-19-16/h4,7-11,17H,2-3,5-6H2,1H3,(H2,19,20,21). The molecule has 0 bridgehead atoms. The van der Waals surface area contributed by atoms with E-state index in [2.05, 4.69) is 32.7 Å². The summed E-state index contributed by atoms with van der Waals surface area (Å²) < 4.78 is 2.04. The molecule has 6 heteroatoms. The first-order valence-electron chi connectivity index (χ1n) is 7.73. The minimum absolute atomic E-state index is 0.487. The lowest BCUT2D eigenvalue weighted by Crippen LogP contribution is -2.35. The second-order valence-corrected chi connectivity index (χ2v) is 5.85. The van der Waals surface area contributed by atoms with Crippen molar-refractivity contribution in [1.29, 1.82) is 0 Å². The Morgan fingerprint density at radius 1 is 1.32 bits per heavy atom. The number of aryl methyl sites for hydroxylation is 1. The number of pyridine rings is 1. The van der Waals surface area contributed by atoms with Crippen LogP contribution in [0.1, 0.15) is 12.8 Å². The van der Waals surface area contributed by atoms with Gasteiger partial charge in [0.1, 0.15) is 11.5 Å². The van der Waals surface area contributed by atoms with Crippen LogP contribution in [0.15, 0.2) is 30.9 Å². The SMILES string of the molecule is Cn1cncc1-c1cc(NC2CCNCC2)nc2[nH]ccc12. The fourth-order valence-corrected chi connectivity index (χ4v) is 3.12. The number of hydrogen-bond acceptors (Lipinski definition) is 4. The molecule has 0 aliphatic carbocycles. The maximum atomic E-state index is 4.71. The molecule has 1 saturated heterocycles. The second kappa shape index (κ2) is 5.46. The zero-order valence-electron chi connectivity index (χ0n) is 12.6. The Balaban J connectivity index is 1.75. The second-order valence-electron chi connectivity index (χ2n) is 5.85. The van der Waals surface area contributed by atoms with Crippen LogP contribution in [0.25, 0.3) is 22.3 Å². The smallest absolute Gasteiger partial charge is 0.140 e. The number of imidazole rings is 1. The summed E-state index contributed by atoms with van der Waals surface area (Å²) in [5, 5.41) is 8.10. The fourth-order valence-electron chi connectivity index (χ4n) is 3.12. The molecule has 22 heavy (non-hydrogen) atoms. The molecule has 3 aromatic heterocycles. The van der Waals surface area contributed by atoms with Crippen molar-refractivity contribution < 1.29 is 0 Å². The molecule has 0 radical (unpaired) electrons. The molecule has 0 spiro atoms. The van der Waals surface area contributed by atoms with Crippen LogP contribution in [-0.2, 0) is 7.05 Å². The Kier molecular flexibility index (Phi) is 3.31. The van der Waals surface area contributed by atoms with E-state index in [1.807, 2.05) is 30.3 Å². The highest BCUT2D eigenvalue weighted by atomic mass is 15.1. The number of H-pyrrole nitrogens is 1. The predicted molar refractivity (Wildman–Crippen MR) is 87.8 cm³/mol. The molecular formula is C16H20N6. The first-order chi connectivity index (χ1) is 10.8. The number of hydrogen-bond donors (Lipinski definition) is 3. The van der Waals surface area contributed by atoms with E-state index in [0.29, 0.717) is 6.04 Å². The molecule has 1 fully saturated rings. The van der Waals surface area contributed by atoms with E-state index < -0.39 is 0 Å². The predicted octanol–water partition coefficient (Wildman–Crippen LogP) is 2.13. The highest BCUT2D eigenvalue weighted by Gasteiger charge is 2.16. The Hall–Kier alpha value is -2.34. The van der Waals surface area contributed by atoms with Crippen molar-refractivity contribution in [3.05, 3.63) is 30.9 Å². The lowest BCUT2D eigenvalue weighted by molar-refractivity contribution is 0.478. The normalized spacial score (nSPS) is 16.2. The third-order valence-electron chi connectivity index (χ3n) is 4.31. The highest BCUT2D eigenvalue weighted by Crippen LogP contribution is 2.29. The minimum atomic E-state index is 0.487. The molecule has 0 aromatic carbocycles. The van der Waals surface area contributed by atoms with E-state index in [-0.39, 0.29) is 0 Å². The van der Waals surface area contributed by atoms with E-state index in [0.717, 1.165) is 54.0 Å². The lowest BCUT2D eigenvalue weighted by Gasteiger charge is -2.24. The first-order valence-corrected chi connectivity index (χ1v) is 7.73. The Labute approximate surface area is 129 Å². The van der Waals surface area contributed by atoms with E-state index >= 15 is 0 Å².